The van der Waals surface area contributed by atoms with Gasteiger partial charge in [-0.1, -0.05) is 49.2 Å². The average Bonchev–Trinajstić information content (AvgIpc) is 2.51. The fraction of sp³-hybridized carbons (Fsp3) is 0.643. The maximum absolute atomic E-state index is 5.52. The second-order valence-electron chi connectivity index (χ2n) is 5.08. The van der Waals surface area contributed by atoms with E-state index in [1.54, 1.807) is 0 Å². The van der Waals surface area contributed by atoms with Crippen molar-refractivity contribution in [1.29, 1.82) is 0 Å². The molecule has 0 aromatic carbocycles. The summed E-state index contributed by atoms with van der Waals surface area (Å²) in [5, 5.41) is 4.13. The third-order valence-electron chi connectivity index (χ3n) is 3.57. The van der Waals surface area contributed by atoms with Crippen molar-refractivity contribution >= 4 is 5.71 Å². The van der Waals surface area contributed by atoms with Gasteiger partial charge in [-0.15, -0.1) is 0 Å². The molecule has 1 aliphatic carbocycles. The van der Waals surface area contributed by atoms with Crippen molar-refractivity contribution in [2.75, 3.05) is 0 Å². The Morgan fingerprint density at radius 2 is 2.25 bits per heavy atom. The van der Waals surface area contributed by atoms with Crippen LogP contribution in [0.15, 0.2) is 28.5 Å². The zero-order chi connectivity index (χ0) is 11.7. The summed E-state index contributed by atoms with van der Waals surface area (Å²) in [5.74, 6) is 0.987. The Morgan fingerprint density at radius 3 is 2.88 bits per heavy atom. The summed E-state index contributed by atoms with van der Waals surface area (Å²) >= 11 is 0. The van der Waals surface area contributed by atoms with E-state index in [2.05, 4.69) is 45.0 Å². The van der Waals surface area contributed by atoms with Crippen LogP contribution >= 0.6 is 0 Å². The fourth-order valence-corrected chi connectivity index (χ4v) is 2.37. The van der Waals surface area contributed by atoms with Gasteiger partial charge < -0.3 is 4.84 Å². The highest BCUT2D eigenvalue weighted by molar-refractivity contribution is 5.87. The van der Waals surface area contributed by atoms with Gasteiger partial charge in [-0.2, -0.15) is 0 Å². The van der Waals surface area contributed by atoms with Gasteiger partial charge in [-0.3, -0.25) is 0 Å². The highest BCUT2D eigenvalue weighted by atomic mass is 16.6. The molecule has 0 bridgehead atoms. The second kappa shape index (κ2) is 4.44. The van der Waals surface area contributed by atoms with Gasteiger partial charge in [0, 0.05) is 6.42 Å². The average molecular weight is 219 g/mol. The van der Waals surface area contributed by atoms with Crippen LogP contribution < -0.4 is 0 Å². The molecule has 0 saturated heterocycles. The van der Waals surface area contributed by atoms with Crippen LogP contribution in [0.5, 0.6) is 0 Å². The summed E-state index contributed by atoms with van der Waals surface area (Å²) in [6.07, 6.45) is 7.04. The van der Waals surface area contributed by atoms with E-state index in [-0.39, 0.29) is 6.10 Å². The largest absolute Gasteiger partial charge is 0.391 e. The molecule has 2 heteroatoms. The molecule has 2 atom stereocenters. The predicted molar refractivity (Wildman–Crippen MR) is 67.4 cm³/mol. The SMILES string of the molecule is CCC1=CC2C(C)=NOC2CC(C(C)C)=C1. The van der Waals surface area contributed by atoms with Crippen LogP contribution in [0.3, 0.4) is 0 Å². The molecule has 1 heterocycles. The second-order valence-corrected chi connectivity index (χ2v) is 5.08. The summed E-state index contributed by atoms with van der Waals surface area (Å²) in [6.45, 7) is 8.78. The zero-order valence-corrected chi connectivity index (χ0v) is 10.7. The van der Waals surface area contributed by atoms with E-state index in [0.29, 0.717) is 11.8 Å². The van der Waals surface area contributed by atoms with Crippen LogP contribution in [0.25, 0.3) is 0 Å². The first kappa shape index (κ1) is 11.4. The van der Waals surface area contributed by atoms with Gasteiger partial charge in [-0.05, 0) is 19.3 Å². The Hall–Kier alpha value is -1.05. The van der Waals surface area contributed by atoms with Crippen molar-refractivity contribution in [3.05, 3.63) is 23.3 Å². The molecular formula is C14H21NO. The Labute approximate surface area is 98.1 Å². The first-order valence-electron chi connectivity index (χ1n) is 6.23. The molecule has 0 aromatic rings. The van der Waals surface area contributed by atoms with Crippen LogP contribution in [0.2, 0.25) is 0 Å². The van der Waals surface area contributed by atoms with Crippen molar-refractivity contribution in [2.45, 2.75) is 46.6 Å². The summed E-state index contributed by atoms with van der Waals surface area (Å²) in [7, 11) is 0. The minimum absolute atomic E-state index is 0.234. The van der Waals surface area contributed by atoms with E-state index in [1.165, 1.54) is 11.1 Å². The maximum Gasteiger partial charge on any atom is 0.142 e. The van der Waals surface area contributed by atoms with Crippen molar-refractivity contribution in [3.63, 3.8) is 0 Å². The number of oxime groups is 1. The highest BCUT2D eigenvalue weighted by Gasteiger charge is 2.32. The Kier molecular flexibility index (Phi) is 3.17. The first-order chi connectivity index (χ1) is 7.61. The molecule has 0 radical (unpaired) electrons. The van der Waals surface area contributed by atoms with E-state index in [1.807, 2.05) is 0 Å². The zero-order valence-electron chi connectivity index (χ0n) is 10.7. The molecule has 0 fully saturated rings. The summed E-state index contributed by atoms with van der Waals surface area (Å²) in [4.78, 5) is 5.52. The lowest BCUT2D eigenvalue weighted by molar-refractivity contribution is 0.0704. The number of allylic oxidation sites excluding steroid dienone is 2. The quantitative estimate of drug-likeness (QED) is 0.694. The molecule has 16 heavy (non-hydrogen) atoms. The van der Waals surface area contributed by atoms with Crippen molar-refractivity contribution in [1.82, 2.24) is 0 Å². The van der Waals surface area contributed by atoms with Gasteiger partial charge in [0.2, 0.25) is 0 Å². The lowest BCUT2D eigenvalue weighted by atomic mass is 9.91. The van der Waals surface area contributed by atoms with Crippen molar-refractivity contribution in [2.24, 2.45) is 17.0 Å². The van der Waals surface area contributed by atoms with Gasteiger partial charge in [0.15, 0.2) is 0 Å². The van der Waals surface area contributed by atoms with Crippen LogP contribution in [-0.2, 0) is 4.84 Å². The van der Waals surface area contributed by atoms with Crippen LogP contribution in [0.1, 0.15) is 40.5 Å². The minimum Gasteiger partial charge on any atom is -0.391 e. The van der Waals surface area contributed by atoms with Crippen LogP contribution in [-0.4, -0.2) is 11.8 Å². The van der Waals surface area contributed by atoms with E-state index in [0.717, 1.165) is 18.6 Å². The van der Waals surface area contributed by atoms with Crippen LogP contribution in [0, 0.1) is 11.8 Å². The molecule has 0 spiro atoms. The van der Waals surface area contributed by atoms with Crippen molar-refractivity contribution < 1.29 is 4.84 Å². The Bertz CT molecular complexity index is 363. The topological polar surface area (TPSA) is 21.6 Å². The standard InChI is InChI=1S/C14H21NO/c1-5-11-6-12(9(2)3)8-14-13(7-11)10(4)15-16-14/h6-7,9,13-14H,5,8H2,1-4H3. The molecule has 0 amide bonds. The summed E-state index contributed by atoms with van der Waals surface area (Å²) in [5.41, 5.74) is 4.04. The highest BCUT2D eigenvalue weighted by Crippen LogP contribution is 2.33. The number of rotatable bonds is 2. The number of hydrogen-bond donors (Lipinski definition) is 0. The summed E-state index contributed by atoms with van der Waals surface area (Å²) < 4.78 is 0. The predicted octanol–water partition coefficient (Wildman–Crippen LogP) is 3.70. The fourth-order valence-electron chi connectivity index (χ4n) is 2.37. The third-order valence-corrected chi connectivity index (χ3v) is 3.57. The molecule has 2 rings (SSSR count). The first-order valence-corrected chi connectivity index (χ1v) is 6.23. The van der Waals surface area contributed by atoms with Gasteiger partial charge >= 0.3 is 0 Å². The third kappa shape index (κ3) is 2.06. The molecule has 0 N–H and O–H groups in total. The Balaban J connectivity index is 2.29. The molecule has 0 aromatic heterocycles. The molecule has 0 saturated carbocycles. The number of nitrogens with zero attached hydrogens (tertiary/aromatic N) is 1. The van der Waals surface area contributed by atoms with Crippen LogP contribution in [0.4, 0.5) is 0 Å². The normalized spacial score (nSPS) is 28.9. The lowest BCUT2D eigenvalue weighted by Crippen LogP contribution is -2.20. The monoisotopic (exact) mass is 219 g/mol. The smallest absolute Gasteiger partial charge is 0.142 e. The molecule has 2 unspecified atom stereocenters. The van der Waals surface area contributed by atoms with E-state index >= 15 is 0 Å². The number of fused-ring (bicyclic) bond motifs is 1. The molecular weight excluding hydrogens is 198 g/mol. The molecule has 1 aliphatic heterocycles. The minimum atomic E-state index is 0.234. The van der Waals surface area contributed by atoms with E-state index in [4.69, 9.17) is 4.84 Å². The van der Waals surface area contributed by atoms with Gasteiger partial charge in [0.25, 0.3) is 0 Å². The maximum atomic E-state index is 5.52. The van der Waals surface area contributed by atoms with Crippen molar-refractivity contribution in [3.8, 4) is 0 Å². The number of hydrogen-bond acceptors (Lipinski definition) is 2. The van der Waals surface area contributed by atoms with Gasteiger partial charge in [-0.25, -0.2) is 0 Å². The van der Waals surface area contributed by atoms with E-state index < -0.39 is 0 Å². The Morgan fingerprint density at radius 1 is 1.50 bits per heavy atom. The van der Waals surface area contributed by atoms with Gasteiger partial charge in [0.05, 0.1) is 11.6 Å². The van der Waals surface area contributed by atoms with E-state index in [9.17, 15) is 0 Å². The molecule has 2 nitrogen and oxygen atoms in total. The molecule has 2 aliphatic rings. The lowest BCUT2D eigenvalue weighted by Gasteiger charge is -2.16. The van der Waals surface area contributed by atoms with Gasteiger partial charge in [0.1, 0.15) is 6.10 Å². The molecule has 88 valence electrons. The summed E-state index contributed by atoms with van der Waals surface area (Å²) in [6, 6.07) is 0.